The van der Waals surface area contributed by atoms with Crippen LogP contribution in [0.5, 0.6) is 5.75 Å². The fraction of sp³-hybridized carbons (Fsp3) is 0.333. The lowest BCUT2D eigenvalue weighted by molar-refractivity contribution is -0.121. The highest BCUT2D eigenvalue weighted by atomic mass is 32.2. The van der Waals surface area contributed by atoms with Crippen molar-refractivity contribution in [3.63, 3.8) is 0 Å². The summed E-state index contributed by atoms with van der Waals surface area (Å²) in [6.45, 7) is 2.00. The highest BCUT2D eigenvalue weighted by Crippen LogP contribution is 2.28. The summed E-state index contributed by atoms with van der Waals surface area (Å²) < 4.78 is 5.30. The van der Waals surface area contributed by atoms with Crippen LogP contribution in [-0.4, -0.2) is 25.0 Å². The third-order valence-corrected chi connectivity index (χ3v) is 3.92. The first-order chi connectivity index (χ1) is 9.63. The number of nitrogens with one attached hydrogen (secondary N) is 1. The molecule has 1 aromatic carbocycles. The zero-order valence-electron chi connectivity index (χ0n) is 11.8. The Balaban J connectivity index is 2.17. The van der Waals surface area contributed by atoms with Gasteiger partial charge >= 0.3 is 0 Å². The van der Waals surface area contributed by atoms with Gasteiger partial charge < -0.3 is 4.74 Å². The molecule has 20 heavy (non-hydrogen) atoms. The van der Waals surface area contributed by atoms with E-state index in [2.05, 4.69) is 16.6 Å². The Hall–Kier alpha value is -1.75. The van der Waals surface area contributed by atoms with Crippen LogP contribution in [0.2, 0.25) is 0 Å². The number of rotatable bonds is 4. The maximum absolute atomic E-state index is 11.2. The number of hydrogen-bond donors (Lipinski definition) is 1. The fourth-order valence-corrected chi connectivity index (χ4v) is 2.61. The summed E-state index contributed by atoms with van der Waals surface area (Å²) in [4.78, 5) is 12.3. The highest BCUT2D eigenvalue weighted by Gasteiger charge is 2.17. The lowest BCUT2D eigenvalue weighted by atomic mass is 9.99. The molecular weight excluding hydrogens is 272 g/mol. The minimum absolute atomic E-state index is 0.0243. The Bertz CT molecular complexity index is 567. The van der Waals surface area contributed by atoms with E-state index in [4.69, 9.17) is 4.74 Å². The van der Waals surface area contributed by atoms with Crippen molar-refractivity contribution in [3.8, 4) is 5.75 Å². The first kappa shape index (κ1) is 14.7. The van der Waals surface area contributed by atoms with Gasteiger partial charge in [0.25, 0.3) is 0 Å². The SMILES string of the molecule is COc1ccc(C=CC2=NNC(=O)CC2C)cc1SC. The number of benzene rings is 1. The zero-order valence-corrected chi connectivity index (χ0v) is 12.7. The number of hydrazone groups is 1. The summed E-state index contributed by atoms with van der Waals surface area (Å²) in [5.74, 6) is 1.01. The Morgan fingerprint density at radius 1 is 1.45 bits per heavy atom. The zero-order chi connectivity index (χ0) is 14.5. The number of thioether (sulfide) groups is 1. The van der Waals surface area contributed by atoms with Crippen LogP contribution in [0.15, 0.2) is 34.3 Å². The van der Waals surface area contributed by atoms with Crippen molar-refractivity contribution in [2.75, 3.05) is 13.4 Å². The van der Waals surface area contributed by atoms with E-state index in [9.17, 15) is 4.79 Å². The van der Waals surface area contributed by atoms with Gasteiger partial charge in [0.1, 0.15) is 5.75 Å². The number of allylic oxidation sites excluding steroid dienone is 1. The molecule has 1 heterocycles. The molecule has 0 saturated carbocycles. The van der Waals surface area contributed by atoms with Gasteiger partial charge in [0, 0.05) is 17.2 Å². The summed E-state index contributed by atoms with van der Waals surface area (Å²) in [7, 11) is 1.67. The normalized spacial score (nSPS) is 18.9. The Labute approximate surface area is 123 Å². The number of ether oxygens (including phenoxy) is 1. The standard InChI is InChI=1S/C15H18N2O2S/c1-10-8-15(18)17-16-12(10)6-4-11-5-7-13(19-2)14(9-11)20-3/h4-7,9-10H,8H2,1-3H3,(H,17,18). The van der Waals surface area contributed by atoms with Gasteiger partial charge in [0.15, 0.2) is 0 Å². The number of amides is 1. The summed E-state index contributed by atoms with van der Waals surface area (Å²) in [6.07, 6.45) is 6.47. The molecule has 4 nitrogen and oxygen atoms in total. The van der Waals surface area contributed by atoms with Gasteiger partial charge in [-0.3, -0.25) is 4.79 Å². The molecule has 0 radical (unpaired) electrons. The van der Waals surface area contributed by atoms with Crippen LogP contribution >= 0.6 is 11.8 Å². The molecule has 1 atom stereocenters. The van der Waals surface area contributed by atoms with E-state index in [0.29, 0.717) is 6.42 Å². The molecule has 5 heteroatoms. The predicted molar refractivity (Wildman–Crippen MR) is 83.2 cm³/mol. The Kier molecular flexibility index (Phi) is 4.84. The average molecular weight is 290 g/mol. The van der Waals surface area contributed by atoms with Gasteiger partial charge in [-0.1, -0.05) is 19.1 Å². The second-order valence-electron chi connectivity index (χ2n) is 4.62. The van der Waals surface area contributed by atoms with E-state index in [1.807, 2.05) is 37.5 Å². The quantitative estimate of drug-likeness (QED) is 0.867. The van der Waals surface area contributed by atoms with Gasteiger partial charge in [0.2, 0.25) is 5.91 Å². The summed E-state index contributed by atoms with van der Waals surface area (Å²) >= 11 is 1.65. The van der Waals surface area contributed by atoms with E-state index < -0.39 is 0 Å². The molecule has 0 aromatic heterocycles. The average Bonchev–Trinajstić information content (AvgIpc) is 2.46. The van der Waals surface area contributed by atoms with Gasteiger partial charge in [-0.15, -0.1) is 11.8 Å². The summed E-state index contributed by atoms with van der Waals surface area (Å²) in [5.41, 5.74) is 4.49. The monoisotopic (exact) mass is 290 g/mol. The number of nitrogens with zero attached hydrogens (tertiary/aromatic N) is 1. The van der Waals surface area contributed by atoms with Crippen LogP contribution < -0.4 is 10.2 Å². The molecule has 0 fully saturated rings. The van der Waals surface area contributed by atoms with Crippen LogP contribution in [0.25, 0.3) is 6.08 Å². The molecular formula is C15H18N2O2S. The van der Waals surface area contributed by atoms with Crippen LogP contribution in [0.1, 0.15) is 18.9 Å². The van der Waals surface area contributed by atoms with E-state index >= 15 is 0 Å². The second kappa shape index (κ2) is 6.61. The van der Waals surface area contributed by atoms with Crippen LogP contribution in [0.3, 0.4) is 0 Å². The first-order valence-electron chi connectivity index (χ1n) is 6.40. The van der Waals surface area contributed by atoms with Crippen LogP contribution in [-0.2, 0) is 4.79 Å². The first-order valence-corrected chi connectivity index (χ1v) is 7.63. The van der Waals surface area contributed by atoms with Crippen molar-refractivity contribution in [2.45, 2.75) is 18.2 Å². The molecule has 1 aliphatic rings. The topological polar surface area (TPSA) is 50.7 Å². The van der Waals surface area contributed by atoms with Crippen molar-refractivity contribution in [1.82, 2.24) is 5.43 Å². The van der Waals surface area contributed by atoms with Crippen molar-refractivity contribution in [1.29, 1.82) is 0 Å². The van der Waals surface area contributed by atoms with E-state index in [1.54, 1.807) is 18.9 Å². The third kappa shape index (κ3) is 3.42. The molecule has 0 saturated heterocycles. The number of carbonyl (C=O) groups is 1. The van der Waals surface area contributed by atoms with Gasteiger partial charge in [-0.2, -0.15) is 5.10 Å². The number of carbonyl (C=O) groups excluding carboxylic acids is 1. The van der Waals surface area contributed by atoms with Gasteiger partial charge in [-0.25, -0.2) is 5.43 Å². The van der Waals surface area contributed by atoms with E-state index in [1.165, 1.54) is 0 Å². The number of methoxy groups -OCH3 is 1. The van der Waals surface area contributed by atoms with Crippen LogP contribution in [0, 0.1) is 5.92 Å². The molecule has 2 rings (SSSR count). The lowest BCUT2D eigenvalue weighted by Crippen LogP contribution is -2.30. The molecule has 1 aliphatic heterocycles. The second-order valence-corrected chi connectivity index (χ2v) is 5.47. The Morgan fingerprint density at radius 2 is 2.25 bits per heavy atom. The molecule has 1 N–H and O–H groups in total. The maximum Gasteiger partial charge on any atom is 0.240 e. The maximum atomic E-state index is 11.2. The van der Waals surface area contributed by atoms with Gasteiger partial charge in [0.05, 0.1) is 12.8 Å². The third-order valence-electron chi connectivity index (χ3n) is 3.16. The van der Waals surface area contributed by atoms with Gasteiger partial charge in [-0.05, 0) is 30.0 Å². The largest absolute Gasteiger partial charge is 0.496 e. The van der Waals surface area contributed by atoms with Crippen LogP contribution in [0.4, 0.5) is 0 Å². The number of hydrogen-bond acceptors (Lipinski definition) is 4. The van der Waals surface area contributed by atoms with Crippen molar-refractivity contribution < 1.29 is 9.53 Å². The molecule has 0 aliphatic carbocycles. The molecule has 1 amide bonds. The lowest BCUT2D eigenvalue weighted by Gasteiger charge is -2.16. The summed E-state index contributed by atoms with van der Waals surface area (Å²) in [6, 6.07) is 6.04. The fourth-order valence-electron chi connectivity index (χ4n) is 2.01. The smallest absolute Gasteiger partial charge is 0.240 e. The minimum Gasteiger partial charge on any atom is -0.496 e. The molecule has 1 aromatic rings. The van der Waals surface area contributed by atoms with Crippen molar-refractivity contribution in [2.24, 2.45) is 11.0 Å². The summed E-state index contributed by atoms with van der Waals surface area (Å²) in [5, 5.41) is 4.08. The molecule has 1 unspecified atom stereocenters. The molecule has 0 bridgehead atoms. The minimum atomic E-state index is -0.0243. The van der Waals surface area contributed by atoms with Crippen molar-refractivity contribution >= 4 is 29.5 Å². The Morgan fingerprint density at radius 3 is 2.90 bits per heavy atom. The molecule has 106 valence electrons. The van der Waals surface area contributed by atoms with Crippen molar-refractivity contribution in [3.05, 3.63) is 29.8 Å². The molecule has 0 spiro atoms. The van der Waals surface area contributed by atoms with E-state index in [0.717, 1.165) is 21.9 Å². The predicted octanol–water partition coefficient (Wildman–Crippen LogP) is 2.94. The highest BCUT2D eigenvalue weighted by molar-refractivity contribution is 7.98. The van der Waals surface area contributed by atoms with E-state index in [-0.39, 0.29) is 11.8 Å².